The first-order valence-corrected chi connectivity index (χ1v) is 2.85. The number of hydrogen-bond donors (Lipinski definition) is 0. The molecular weight excluding hydrogens is 143 g/mol. The third-order valence-electron chi connectivity index (χ3n) is 0.236. The predicted octanol–water partition coefficient (Wildman–Crippen LogP) is 1.12. The van der Waals surface area contributed by atoms with Crippen LogP contribution in [0.15, 0.2) is 0 Å². The molecule has 0 aliphatic rings. The molecule has 0 aromatic heterocycles. The molecule has 0 heterocycles. The Hall–Kier alpha value is 0.761. The summed E-state index contributed by atoms with van der Waals surface area (Å²) < 4.78 is 4.62. The average Bonchev–Trinajstić information content (AvgIpc) is 1.37. The van der Waals surface area contributed by atoms with Crippen molar-refractivity contribution in [1.82, 2.24) is 0 Å². The number of hydrogen-bond acceptors (Lipinski definition) is 1. The molecule has 1 nitrogen and oxygen atoms in total. The summed E-state index contributed by atoms with van der Waals surface area (Å²) in [7, 11) is 2.00. The largest absolute Gasteiger partial charge is 0.424 e. The van der Waals surface area contributed by atoms with Gasteiger partial charge >= 0.3 is 0 Å². The van der Waals surface area contributed by atoms with Crippen molar-refractivity contribution in [2.75, 3.05) is 7.11 Å². The second kappa shape index (κ2) is 29.4. The summed E-state index contributed by atoms with van der Waals surface area (Å²) in [4.78, 5) is 0. The molecule has 46 valence electrons. The molecule has 0 aliphatic carbocycles. The Kier molecular flexibility index (Phi) is 105. The van der Waals surface area contributed by atoms with Crippen molar-refractivity contribution in [3.8, 4) is 0 Å². The normalized spacial score (nSPS) is 4.29. The molecule has 0 fully saturated rings. The number of rotatable bonds is 1. The van der Waals surface area contributed by atoms with Crippen LogP contribution in [0.25, 0.3) is 0 Å². The van der Waals surface area contributed by atoms with Gasteiger partial charge in [-0.05, 0) is 6.55 Å². The fourth-order valence-electron chi connectivity index (χ4n) is 0. The first kappa shape index (κ1) is 25.1. The van der Waals surface area contributed by atoms with Crippen LogP contribution < -0.4 is 0 Å². The van der Waals surface area contributed by atoms with Crippen LogP contribution in [0.4, 0.5) is 0 Å². The zero-order valence-corrected chi connectivity index (χ0v) is 6.98. The van der Waals surface area contributed by atoms with Crippen molar-refractivity contribution < 1.29 is 23.0 Å². The van der Waals surface area contributed by atoms with Crippen LogP contribution >= 0.6 is 0 Å². The SMILES string of the molecule is C.CO[SiH]C.[CH3-].[V]. The Morgan fingerprint density at radius 1 is 1.43 bits per heavy atom. The van der Waals surface area contributed by atoms with E-state index in [0.29, 0.717) is 0 Å². The van der Waals surface area contributed by atoms with Crippen molar-refractivity contribution in [2.24, 2.45) is 0 Å². The monoisotopic (exact) mass is 157 g/mol. The van der Waals surface area contributed by atoms with Crippen LogP contribution in [0.2, 0.25) is 6.55 Å². The molecule has 0 spiro atoms. The van der Waals surface area contributed by atoms with Gasteiger partial charge in [0.1, 0.15) is 0 Å². The van der Waals surface area contributed by atoms with Gasteiger partial charge in [-0.1, -0.05) is 7.43 Å². The molecule has 0 N–H and O–H groups in total. The summed E-state index contributed by atoms with van der Waals surface area (Å²) in [5.41, 5.74) is 0. The van der Waals surface area contributed by atoms with E-state index in [0.717, 1.165) is 0 Å². The molecule has 0 saturated heterocycles. The van der Waals surface area contributed by atoms with E-state index >= 15 is 0 Å². The molecule has 7 heavy (non-hydrogen) atoms. The van der Waals surface area contributed by atoms with E-state index < -0.39 is 0 Å². The van der Waals surface area contributed by atoms with E-state index in [-0.39, 0.29) is 43.2 Å². The van der Waals surface area contributed by atoms with E-state index in [1.807, 2.05) is 6.55 Å². The molecule has 0 aromatic carbocycles. The summed E-state index contributed by atoms with van der Waals surface area (Å²) >= 11 is 0. The standard InChI is InChI=1S/C2H7OSi.CH4.CH3.V/c1-3-4-2;;;/h4H,1-2H3;1H4;1H3;/q;;-1;. The maximum absolute atomic E-state index is 4.62. The Labute approximate surface area is 61.7 Å². The minimum Gasteiger partial charge on any atom is -0.424 e. The molecule has 0 atom stereocenters. The minimum absolute atomic E-state index is 0. The Morgan fingerprint density at radius 3 is 1.57 bits per heavy atom. The van der Waals surface area contributed by atoms with Gasteiger partial charge in [0.05, 0.1) is 0 Å². The van der Waals surface area contributed by atoms with Crippen molar-refractivity contribution in [3.63, 3.8) is 0 Å². The van der Waals surface area contributed by atoms with E-state index in [4.69, 9.17) is 0 Å². The molecule has 0 amide bonds. The van der Waals surface area contributed by atoms with Crippen LogP contribution in [0.5, 0.6) is 0 Å². The van der Waals surface area contributed by atoms with E-state index in [1.54, 1.807) is 7.11 Å². The van der Waals surface area contributed by atoms with E-state index in [9.17, 15) is 0 Å². The average molecular weight is 157 g/mol. The van der Waals surface area contributed by atoms with Gasteiger partial charge in [-0.3, -0.25) is 0 Å². The molecule has 0 rings (SSSR count). The summed E-state index contributed by atoms with van der Waals surface area (Å²) in [5, 5.41) is 0. The maximum Gasteiger partial charge on any atom is 0.189 e. The maximum atomic E-state index is 4.62. The van der Waals surface area contributed by atoms with E-state index in [1.165, 1.54) is 0 Å². The first-order chi connectivity index (χ1) is 1.91. The van der Waals surface area contributed by atoms with Gasteiger partial charge in [0, 0.05) is 25.7 Å². The van der Waals surface area contributed by atoms with Gasteiger partial charge in [0.25, 0.3) is 0 Å². The quantitative estimate of drug-likeness (QED) is 0.409. The Morgan fingerprint density at radius 2 is 1.57 bits per heavy atom. The summed E-state index contributed by atoms with van der Waals surface area (Å²) in [5.74, 6) is 0. The van der Waals surface area contributed by atoms with Crippen molar-refractivity contribution in [2.45, 2.75) is 14.0 Å². The van der Waals surface area contributed by atoms with Crippen LogP contribution in [0.1, 0.15) is 7.43 Å². The second-order valence-corrected chi connectivity index (χ2v) is 1.41. The van der Waals surface area contributed by atoms with Gasteiger partial charge in [-0.25, -0.2) is 0 Å². The van der Waals surface area contributed by atoms with Gasteiger partial charge in [0.15, 0.2) is 9.76 Å². The summed E-state index contributed by atoms with van der Waals surface area (Å²) in [6, 6.07) is 0. The minimum atomic E-state index is 0. The van der Waals surface area contributed by atoms with Gasteiger partial charge in [0.2, 0.25) is 0 Å². The van der Waals surface area contributed by atoms with Crippen LogP contribution in [-0.2, 0) is 23.0 Å². The molecule has 0 bridgehead atoms. The third kappa shape index (κ3) is 49.4. The molecular formula is C4H14OSiV-. The molecule has 0 aliphatic heterocycles. The molecule has 0 aromatic rings. The van der Waals surface area contributed by atoms with Gasteiger partial charge in [-0.2, -0.15) is 0 Å². The van der Waals surface area contributed by atoms with Crippen molar-refractivity contribution in [3.05, 3.63) is 7.43 Å². The fourth-order valence-corrected chi connectivity index (χ4v) is 0. The summed E-state index contributed by atoms with van der Waals surface area (Å²) in [6.07, 6.45) is 0. The zero-order chi connectivity index (χ0) is 3.41. The van der Waals surface area contributed by atoms with Crippen molar-refractivity contribution in [1.29, 1.82) is 0 Å². The van der Waals surface area contributed by atoms with Crippen molar-refractivity contribution >= 4 is 9.76 Å². The second-order valence-electron chi connectivity index (χ2n) is 0.471. The molecule has 2 radical (unpaired) electrons. The van der Waals surface area contributed by atoms with Gasteiger partial charge in [-0.15, -0.1) is 0 Å². The zero-order valence-electron chi connectivity index (χ0n) is 4.43. The Bertz CT molecular complexity index is 13.7. The van der Waals surface area contributed by atoms with Crippen LogP contribution in [0, 0.1) is 7.43 Å². The molecule has 0 unspecified atom stereocenters. The van der Waals surface area contributed by atoms with Crippen LogP contribution in [0.3, 0.4) is 0 Å². The topological polar surface area (TPSA) is 9.23 Å². The van der Waals surface area contributed by atoms with E-state index in [2.05, 4.69) is 4.43 Å². The van der Waals surface area contributed by atoms with Crippen LogP contribution in [-0.4, -0.2) is 16.9 Å². The predicted molar refractivity (Wildman–Crippen MR) is 33.2 cm³/mol. The van der Waals surface area contributed by atoms with Gasteiger partial charge < -0.3 is 11.9 Å². The smallest absolute Gasteiger partial charge is 0.189 e. The third-order valence-corrected chi connectivity index (χ3v) is 0.707. The fraction of sp³-hybridized carbons (Fsp3) is 0.750. The molecule has 3 heteroatoms. The first-order valence-electron chi connectivity index (χ1n) is 1.22. The summed E-state index contributed by atoms with van der Waals surface area (Å²) in [6.45, 7) is 2.04. The Balaban J connectivity index is -0.0000000150. The molecule has 0 saturated carbocycles.